The third-order valence-electron chi connectivity index (χ3n) is 10.7. The van der Waals surface area contributed by atoms with Gasteiger partial charge in [-0.1, -0.05) is 153 Å². The van der Waals surface area contributed by atoms with Gasteiger partial charge in [0.25, 0.3) is 0 Å². The van der Waals surface area contributed by atoms with E-state index < -0.39 is 0 Å². The molecule has 236 valence electrons. The number of hydrogen-bond donors (Lipinski definition) is 0. The van der Waals surface area contributed by atoms with Crippen molar-refractivity contribution in [1.82, 2.24) is 0 Å². The lowest BCUT2D eigenvalue weighted by atomic mass is 9.82. The first-order chi connectivity index (χ1) is 26.2. The highest BCUT2D eigenvalue weighted by atomic mass is 15.1. The summed E-state index contributed by atoms with van der Waals surface area (Å²) in [6, 6.07) is 51.6. The molecule has 9 aromatic carbocycles. The Bertz CT molecular complexity index is 3010. The van der Waals surface area contributed by atoms with Gasteiger partial charge < -0.3 is 4.90 Å². The summed E-state index contributed by atoms with van der Waals surface area (Å²) < 4.78 is 38.4. The summed E-state index contributed by atoms with van der Waals surface area (Å²) in [5.41, 5.74) is 7.26. The minimum atomic E-state index is -0.279. The Morgan fingerprint density at radius 2 is 1.02 bits per heavy atom. The molecule has 0 saturated heterocycles. The summed E-state index contributed by atoms with van der Waals surface area (Å²) in [5, 5.41) is 8.50. The molecule has 1 aliphatic rings. The zero-order chi connectivity index (χ0) is 36.9. The van der Waals surface area contributed by atoms with Crippen molar-refractivity contribution in [3.05, 3.63) is 187 Å². The van der Waals surface area contributed by atoms with Gasteiger partial charge in [0.15, 0.2) is 0 Å². The van der Waals surface area contributed by atoms with E-state index in [4.69, 9.17) is 0 Å². The van der Waals surface area contributed by atoms with Crippen molar-refractivity contribution in [2.24, 2.45) is 0 Å². The van der Waals surface area contributed by atoms with Crippen LogP contribution in [-0.2, 0) is 5.41 Å². The van der Waals surface area contributed by atoms with Gasteiger partial charge in [-0.05, 0) is 107 Å². The fourth-order valence-corrected chi connectivity index (χ4v) is 8.17. The van der Waals surface area contributed by atoms with E-state index in [1.807, 2.05) is 59.5 Å². The van der Waals surface area contributed by atoms with Crippen LogP contribution >= 0.6 is 0 Å². The molecule has 1 aliphatic carbocycles. The Morgan fingerprint density at radius 1 is 0.420 bits per heavy atom. The molecule has 0 saturated carbocycles. The molecule has 0 bridgehead atoms. The molecule has 50 heavy (non-hydrogen) atoms. The van der Waals surface area contributed by atoms with Crippen molar-refractivity contribution in [3.8, 4) is 22.3 Å². The second kappa shape index (κ2) is 10.9. The maximum atomic E-state index is 9.70. The smallest absolute Gasteiger partial charge is 0.0645 e. The van der Waals surface area contributed by atoms with Gasteiger partial charge in [0.05, 0.1) is 11.2 Å². The number of benzene rings is 9. The van der Waals surface area contributed by atoms with Crippen molar-refractivity contribution in [3.63, 3.8) is 0 Å². The molecule has 0 aliphatic heterocycles. The average molecular weight is 642 g/mol. The van der Waals surface area contributed by atoms with E-state index in [2.05, 4.69) is 111 Å². The molecule has 0 unspecified atom stereocenters. The highest BCUT2D eigenvalue weighted by Gasteiger charge is 2.35. The van der Waals surface area contributed by atoms with Crippen LogP contribution in [0.3, 0.4) is 0 Å². The number of rotatable bonds is 4. The monoisotopic (exact) mass is 641 g/mol. The number of hydrogen-bond acceptors (Lipinski definition) is 1. The van der Waals surface area contributed by atoms with E-state index in [1.54, 1.807) is 0 Å². The molecule has 1 nitrogen and oxygen atoms in total. The molecule has 9 aromatic rings. The largest absolute Gasteiger partial charge is 0.310 e. The molecule has 0 radical (unpaired) electrons. The van der Waals surface area contributed by atoms with Crippen LogP contribution in [-0.4, -0.2) is 0 Å². The summed E-state index contributed by atoms with van der Waals surface area (Å²) in [4.78, 5) is 1.96. The molecule has 0 aromatic heterocycles. The van der Waals surface area contributed by atoms with Gasteiger partial charge >= 0.3 is 0 Å². The lowest BCUT2D eigenvalue weighted by molar-refractivity contribution is 0.660. The van der Waals surface area contributed by atoms with E-state index in [1.165, 1.54) is 16.7 Å². The molecular weight excluding hydrogens is 603 g/mol. The maximum absolute atomic E-state index is 9.70. The first kappa shape index (κ1) is 24.9. The number of nitrogens with zero attached hydrogens (tertiary/aromatic N) is 1. The number of fused-ring (bicyclic) bond motifs is 9. The standard InChI is InChI=1S/C49H35N/c1-49(2)46-18-10-9-16-43(46)44-28-26-38(31-47(44)49)50(48-30-35-12-4-6-14-40(35)42-15-7-8-17-45(42)48)37-24-21-32(22-25-37)34-23-27-41-36(29-34)20-19-33-11-3-5-13-39(33)41/h3-31H,1-2H3/i21D,22D,24D,25D. The Balaban J connectivity index is 1.24. The summed E-state index contributed by atoms with van der Waals surface area (Å²) in [6.07, 6.45) is 0. The second-order valence-corrected chi connectivity index (χ2v) is 13.8. The van der Waals surface area contributed by atoms with Crippen LogP contribution in [0.5, 0.6) is 0 Å². The van der Waals surface area contributed by atoms with Crippen LogP contribution in [0.25, 0.3) is 65.3 Å². The van der Waals surface area contributed by atoms with Crippen molar-refractivity contribution >= 4 is 60.2 Å². The zero-order valence-electron chi connectivity index (χ0n) is 31.9. The van der Waals surface area contributed by atoms with E-state index in [0.29, 0.717) is 5.56 Å². The Morgan fingerprint density at radius 3 is 1.84 bits per heavy atom. The molecule has 10 rings (SSSR count). The van der Waals surface area contributed by atoms with E-state index in [-0.39, 0.29) is 40.8 Å². The van der Waals surface area contributed by atoms with Gasteiger partial charge in [0.2, 0.25) is 0 Å². The zero-order valence-corrected chi connectivity index (χ0v) is 27.9. The summed E-state index contributed by atoms with van der Waals surface area (Å²) in [6.45, 7) is 4.49. The molecule has 0 amide bonds. The summed E-state index contributed by atoms with van der Waals surface area (Å²) in [5.74, 6) is 0. The van der Waals surface area contributed by atoms with Gasteiger partial charge in [0.1, 0.15) is 0 Å². The Kier molecular flexibility index (Phi) is 5.43. The molecule has 0 atom stereocenters. The van der Waals surface area contributed by atoms with Crippen LogP contribution in [0.15, 0.2) is 176 Å². The van der Waals surface area contributed by atoms with Crippen molar-refractivity contribution < 1.29 is 5.48 Å². The number of anilines is 3. The van der Waals surface area contributed by atoms with Crippen LogP contribution in [0.1, 0.15) is 30.5 Å². The first-order valence-electron chi connectivity index (χ1n) is 19.2. The summed E-state index contributed by atoms with van der Waals surface area (Å²) in [7, 11) is 0. The molecule has 0 spiro atoms. The van der Waals surface area contributed by atoms with E-state index in [0.717, 1.165) is 60.0 Å². The molecule has 0 N–H and O–H groups in total. The molecule has 1 heteroatoms. The minimum Gasteiger partial charge on any atom is -0.310 e. The topological polar surface area (TPSA) is 3.24 Å². The summed E-state index contributed by atoms with van der Waals surface area (Å²) >= 11 is 0. The molecular formula is C49H35N. The fraction of sp³-hybridized carbons (Fsp3) is 0.0612. The third-order valence-corrected chi connectivity index (χ3v) is 10.7. The Labute approximate surface area is 298 Å². The lowest BCUT2D eigenvalue weighted by Crippen LogP contribution is -2.16. The normalized spacial score (nSPS) is 14.3. The van der Waals surface area contributed by atoms with Crippen LogP contribution in [0.2, 0.25) is 0 Å². The fourth-order valence-electron chi connectivity index (χ4n) is 8.17. The van der Waals surface area contributed by atoms with Crippen molar-refractivity contribution in [2.45, 2.75) is 19.3 Å². The minimum absolute atomic E-state index is 0.0740. The second-order valence-electron chi connectivity index (χ2n) is 13.8. The Hall–Kier alpha value is -6.18. The van der Waals surface area contributed by atoms with E-state index in [9.17, 15) is 5.48 Å². The van der Waals surface area contributed by atoms with Crippen LogP contribution < -0.4 is 4.90 Å². The highest BCUT2D eigenvalue weighted by Crippen LogP contribution is 2.51. The molecule has 0 fully saturated rings. The van der Waals surface area contributed by atoms with Gasteiger partial charge in [-0.25, -0.2) is 0 Å². The highest BCUT2D eigenvalue weighted by molar-refractivity contribution is 6.14. The van der Waals surface area contributed by atoms with Crippen LogP contribution in [0, 0.1) is 0 Å². The maximum Gasteiger partial charge on any atom is 0.0645 e. The van der Waals surface area contributed by atoms with Gasteiger partial charge in [-0.3, -0.25) is 0 Å². The third kappa shape index (κ3) is 4.33. The van der Waals surface area contributed by atoms with Gasteiger partial charge in [0, 0.05) is 22.2 Å². The van der Waals surface area contributed by atoms with E-state index >= 15 is 0 Å². The SMILES string of the molecule is [2H]c1c([2H])c(N(c2ccc3c(c2)C(C)(C)c2ccccc2-3)c2cc3ccccc3c3ccccc23)c([2H])c([2H])c1-c1ccc2c(ccc3ccccc32)c1. The van der Waals surface area contributed by atoms with Crippen molar-refractivity contribution in [1.29, 1.82) is 0 Å². The van der Waals surface area contributed by atoms with Gasteiger partial charge in [-0.2, -0.15) is 0 Å². The average Bonchev–Trinajstić information content (AvgIpc) is 3.43. The predicted molar refractivity (Wildman–Crippen MR) is 214 cm³/mol. The quantitative estimate of drug-likeness (QED) is 0.173. The first-order valence-corrected chi connectivity index (χ1v) is 17.2. The molecule has 0 heterocycles. The van der Waals surface area contributed by atoms with Crippen LogP contribution in [0.4, 0.5) is 17.1 Å². The lowest BCUT2D eigenvalue weighted by Gasteiger charge is -2.29. The predicted octanol–water partition coefficient (Wildman–Crippen LogP) is 13.7. The van der Waals surface area contributed by atoms with Gasteiger partial charge in [-0.15, -0.1) is 0 Å². The van der Waals surface area contributed by atoms with Crippen molar-refractivity contribution in [2.75, 3.05) is 4.90 Å².